The van der Waals surface area contributed by atoms with Crippen LogP contribution in [0.3, 0.4) is 0 Å². The summed E-state index contributed by atoms with van der Waals surface area (Å²) in [6, 6.07) is 12.8. The van der Waals surface area contributed by atoms with Crippen molar-refractivity contribution >= 4 is 34.5 Å². The number of carbonyl (C=O) groups excluding carboxylic acids is 2. The number of benzene rings is 1. The quantitative estimate of drug-likeness (QED) is 0.295. The molecule has 0 aliphatic carbocycles. The van der Waals surface area contributed by atoms with Crippen LogP contribution in [0.1, 0.15) is 41.4 Å². The molecule has 0 fully saturated rings. The van der Waals surface area contributed by atoms with Crippen LogP contribution in [0.15, 0.2) is 60.2 Å². The summed E-state index contributed by atoms with van der Waals surface area (Å²) >= 11 is 1.39. The van der Waals surface area contributed by atoms with Crippen molar-refractivity contribution < 1.29 is 14.3 Å². The minimum atomic E-state index is -0.476. The largest absolute Gasteiger partial charge is 0.449 e. The lowest BCUT2D eigenvalue weighted by Crippen LogP contribution is -2.14. The van der Waals surface area contributed by atoms with Gasteiger partial charge in [0.15, 0.2) is 5.65 Å². The third-order valence-electron chi connectivity index (χ3n) is 4.78. The minimum absolute atomic E-state index is 0.101. The van der Waals surface area contributed by atoms with Crippen LogP contribution in [0.4, 0.5) is 10.5 Å². The first-order valence-electron chi connectivity index (χ1n) is 10.1. The number of hydrogen-bond acceptors (Lipinski definition) is 6. The Morgan fingerprint density at radius 2 is 2.06 bits per heavy atom. The van der Waals surface area contributed by atoms with E-state index in [4.69, 9.17) is 4.74 Å². The van der Waals surface area contributed by atoms with Gasteiger partial charge in [-0.2, -0.15) is 5.10 Å². The van der Waals surface area contributed by atoms with Gasteiger partial charge in [0.1, 0.15) is 0 Å². The van der Waals surface area contributed by atoms with E-state index < -0.39 is 6.09 Å². The van der Waals surface area contributed by atoms with Crippen molar-refractivity contribution in [3.8, 4) is 11.3 Å². The van der Waals surface area contributed by atoms with Gasteiger partial charge in [-0.1, -0.05) is 38.0 Å². The first-order chi connectivity index (χ1) is 15.2. The highest BCUT2D eigenvalue weighted by Crippen LogP contribution is 2.25. The van der Waals surface area contributed by atoms with Gasteiger partial charge in [0.05, 0.1) is 28.9 Å². The van der Waals surface area contributed by atoms with Gasteiger partial charge in [-0.05, 0) is 36.1 Å². The van der Waals surface area contributed by atoms with Crippen LogP contribution < -0.4 is 5.32 Å². The number of nitrogens with zero attached hydrogens (tertiary/aromatic N) is 3. The summed E-state index contributed by atoms with van der Waals surface area (Å²) in [6.45, 7) is 2.50. The van der Waals surface area contributed by atoms with Gasteiger partial charge < -0.3 is 4.74 Å². The average Bonchev–Trinajstić information content (AvgIpc) is 3.46. The van der Waals surface area contributed by atoms with Gasteiger partial charge in [-0.15, -0.1) is 11.3 Å². The summed E-state index contributed by atoms with van der Waals surface area (Å²) in [5, 5.41) is 9.03. The summed E-state index contributed by atoms with van der Waals surface area (Å²) in [4.78, 5) is 29.8. The second-order valence-corrected chi connectivity index (χ2v) is 7.93. The maximum atomic E-state index is 12.8. The fraction of sp³-hybridized carbons (Fsp3) is 0.217. The predicted molar refractivity (Wildman–Crippen MR) is 121 cm³/mol. The van der Waals surface area contributed by atoms with E-state index in [0.717, 1.165) is 30.5 Å². The molecule has 8 heteroatoms. The molecule has 0 aliphatic rings. The molecule has 0 unspecified atom stereocenters. The van der Waals surface area contributed by atoms with Gasteiger partial charge in [0.2, 0.25) is 5.78 Å². The number of amides is 1. The van der Waals surface area contributed by atoms with Crippen molar-refractivity contribution in [2.45, 2.75) is 26.2 Å². The average molecular weight is 435 g/mol. The Labute approximate surface area is 183 Å². The highest BCUT2D eigenvalue weighted by Gasteiger charge is 2.18. The number of thiophene rings is 1. The van der Waals surface area contributed by atoms with Crippen LogP contribution in [0, 0.1) is 0 Å². The lowest BCUT2D eigenvalue weighted by atomic mass is 10.1. The van der Waals surface area contributed by atoms with Gasteiger partial charge in [-0.3, -0.25) is 10.1 Å². The van der Waals surface area contributed by atoms with Gasteiger partial charge in [0.25, 0.3) is 0 Å². The first-order valence-corrected chi connectivity index (χ1v) is 11.0. The molecule has 3 heterocycles. The molecule has 1 N–H and O–H groups in total. The van der Waals surface area contributed by atoms with E-state index in [1.54, 1.807) is 29.0 Å². The predicted octanol–water partition coefficient (Wildman–Crippen LogP) is 5.43. The third kappa shape index (κ3) is 4.64. The minimum Gasteiger partial charge on any atom is -0.449 e. The first kappa shape index (κ1) is 20.7. The number of ketones is 1. The highest BCUT2D eigenvalue weighted by atomic mass is 32.1. The molecule has 158 valence electrons. The molecule has 1 amide bonds. The zero-order chi connectivity index (χ0) is 21.6. The van der Waals surface area contributed by atoms with Gasteiger partial charge >= 0.3 is 6.09 Å². The molecular weight excluding hydrogens is 412 g/mol. The fourth-order valence-corrected chi connectivity index (χ4v) is 3.92. The number of ether oxygens (including phenoxy) is 1. The molecule has 7 nitrogen and oxygen atoms in total. The topological polar surface area (TPSA) is 85.6 Å². The summed E-state index contributed by atoms with van der Waals surface area (Å²) in [6.07, 6.45) is 5.67. The monoisotopic (exact) mass is 434 g/mol. The summed E-state index contributed by atoms with van der Waals surface area (Å²) < 4.78 is 6.86. The number of nitrogens with one attached hydrogen (secondary N) is 1. The second kappa shape index (κ2) is 9.53. The van der Waals surface area contributed by atoms with Crippen molar-refractivity contribution in [3.63, 3.8) is 0 Å². The highest BCUT2D eigenvalue weighted by molar-refractivity contribution is 7.12. The van der Waals surface area contributed by atoms with Crippen LogP contribution in [0.2, 0.25) is 0 Å². The lowest BCUT2D eigenvalue weighted by molar-refractivity contribution is 0.104. The SMILES string of the molecule is CCCCCOC(=O)Nc1cccc(-c2ccnc3c(C(=O)c4cccs4)cnn23)c1. The maximum absolute atomic E-state index is 12.8. The van der Waals surface area contributed by atoms with E-state index in [1.807, 2.05) is 35.7 Å². The Hall–Kier alpha value is -3.52. The standard InChI is InChI=1S/C23H22N4O3S/c1-2-3-4-12-30-23(29)26-17-8-5-7-16(14-17)19-10-11-24-22-18(15-25-27(19)22)21(28)20-9-6-13-31-20/h5-11,13-15H,2-4,12H2,1H3,(H,26,29). The van der Waals surface area contributed by atoms with E-state index in [0.29, 0.717) is 28.4 Å². The van der Waals surface area contributed by atoms with E-state index in [9.17, 15) is 9.59 Å². The number of carbonyl (C=O) groups is 2. The number of fused-ring (bicyclic) bond motifs is 1. The molecule has 0 saturated carbocycles. The molecule has 0 saturated heterocycles. The number of anilines is 1. The molecule has 0 radical (unpaired) electrons. The normalized spacial score (nSPS) is 10.9. The summed E-state index contributed by atoms with van der Waals surface area (Å²) in [5.74, 6) is -0.101. The Morgan fingerprint density at radius 3 is 2.87 bits per heavy atom. The Bertz CT molecular complexity index is 1200. The van der Waals surface area contributed by atoms with E-state index in [-0.39, 0.29) is 5.78 Å². The maximum Gasteiger partial charge on any atom is 0.411 e. The molecule has 0 atom stereocenters. The summed E-state index contributed by atoms with van der Waals surface area (Å²) in [5.41, 5.74) is 3.15. The van der Waals surface area contributed by atoms with Crippen LogP contribution >= 0.6 is 11.3 Å². The Morgan fingerprint density at radius 1 is 1.16 bits per heavy atom. The molecule has 4 aromatic rings. The number of rotatable bonds is 8. The lowest BCUT2D eigenvalue weighted by Gasteiger charge is -2.09. The molecule has 0 bridgehead atoms. The van der Waals surface area contributed by atoms with Crippen molar-refractivity contribution in [2.75, 3.05) is 11.9 Å². The van der Waals surface area contributed by atoms with Crippen LogP contribution in [-0.2, 0) is 4.74 Å². The second-order valence-electron chi connectivity index (χ2n) is 6.98. The third-order valence-corrected chi connectivity index (χ3v) is 5.65. The molecule has 0 spiro atoms. The number of hydrogen-bond donors (Lipinski definition) is 1. The Balaban J connectivity index is 1.57. The number of unbranched alkanes of at least 4 members (excludes halogenated alkanes) is 2. The van der Waals surface area contributed by atoms with Crippen molar-refractivity contribution in [3.05, 3.63) is 70.7 Å². The van der Waals surface area contributed by atoms with Gasteiger partial charge in [-0.25, -0.2) is 14.3 Å². The molecule has 4 rings (SSSR count). The smallest absolute Gasteiger partial charge is 0.411 e. The fourth-order valence-electron chi connectivity index (χ4n) is 3.24. The van der Waals surface area contributed by atoms with Crippen molar-refractivity contribution in [1.29, 1.82) is 0 Å². The van der Waals surface area contributed by atoms with Crippen LogP contribution in [0.25, 0.3) is 16.9 Å². The van der Waals surface area contributed by atoms with Crippen molar-refractivity contribution in [2.24, 2.45) is 0 Å². The van der Waals surface area contributed by atoms with E-state index in [2.05, 4.69) is 22.3 Å². The van der Waals surface area contributed by atoms with E-state index >= 15 is 0 Å². The molecule has 0 aliphatic heterocycles. The van der Waals surface area contributed by atoms with Crippen LogP contribution in [-0.4, -0.2) is 33.1 Å². The molecule has 31 heavy (non-hydrogen) atoms. The Kier molecular flexibility index (Phi) is 6.37. The van der Waals surface area contributed by atoms with Gasteiger partial charge in [0, 0.05) is 17.4 Å². The zero-order valence-corrected chi connectivity index (χ0v) is 17.9. The molecular formula is C23H22N4O3S. The molecule has 3 aromatic heterocycles. The van der Waals surface area contributed by atoms with Crippen LogP contribution in [0.5, 0.6) is 0 Å². The summed E-state index contributed by atoms with van der Waals surface area (Å²) in [7, 11) is 0. The van der Waals surface area contributed by atoms with Crippen molar-refractivity contribution in [1.82, 2.24) is 14.6 Å². The zero-order valence-electron chi connectivity index (χ0n) is 17.1. The van der Waals surface area contributed by atoms with E-state index in [1.165, 1.54) is 11.3 Å². The molecule has 1 aromatic carbocycles. The number of aromatic nitrogens is 3.